The van der Waals surface area contributed by atoms with Gasteiger partial charge in [0.2, 0.25) is 11.8 Å². The summed E-state index contributed by atoms with van der Waals surface area (Å²) in [7, 11) is 0. The lowest BCUT2D eigenvalue weighted by Gasteiger charge is -2.18. The lowest BCUT2D eigenvalue weighted by molar-refractivity contribution is -0.129. The van der Waals surface area contributed by atoms with E-state index >= 15 is 0 Å². The van der Waals surface area contributed by atoms with Gasteiger partial charge in [0.15, 0.2) is 0 Å². The lowest BCUT2D eigenvalue weighted by atomic mass is 10.1. The minimum Gasteiger partial charge on any atom is -0.464 e. The van der Waals surface area contributed by atoms with Crippen LogP contribution in [-0.4, -0.2) is 29.8 Å². The van der Waals surface area contributed by atoms with Crippen LogP contribution in [0.25, 0.3) is 0 Å². The first-order valence-corrected chi connectivity index (χ1v) is 8.71. The smallest absolute Gasteiger partial charge is 0.226 e. The SMILES string of the molecule is Cc1ccc(C(C)NC(=O)C2CC(=O)N(CCc3ccccc3)C2)o1. The minimum absolute atomic E-state index is 0.0533. The second kappa shape index (κ2) is 7.55. The molecule has 0 spiro atoms. The molecule has 0 aliphatic carbocycles. The summed E-state index contributed by atoms with van der Waals surface area (Å²) in [4.78, 5) is 26.5. The van der Waals surface area contributed by atoms with Crippen LogP contribution in [0.2, 0.25) is 0 Å². The van der Waals surface area contributed by atoms with Crippen LogP contribution in [0.5, 0.6) is 0 Å². The van der Waals surface area contributed by atoms with Crippen LogP contribution in [0.3, 0.4) is 0 Å². The largest absolute Gasteiger partial charge is 0.464 e. The molecule has 2 unspecified atom stereocenters. The van der Waals surface area contributed by atoms with Crippen molar-refractivity contribution in [2.24, 2.45) is 5.92 Å². The number of likely N-dealkylation sites (tertiary alicyclic amines) is 1. The van der Waals surface area contributed by atoms with Crippen molar-refractivity contribution in [3.63, 3.8) is 0 Å². The van der Waals surface area contributed by atoms with E-state index in [4.69, 9.17) is 4.42 Å². The third-order valence-corrected chi connectivity index (χ3v) is 4.65. The molecule has 1 fully saturated rings. The van der Waals surface area contributed by atoms with Gasteiger partial charge in [-0.2, -0.15) is 0 Å². The first-order chi connectivity index (χ1) is 12.0. The van der Waals surface area contributed by atoms with Crippen molar-refractivity contribution < 1.29 is 14.0 Å². The average molecular weight is 340 g/mol. The number of hydrogen-bond acceptors (Lipinski definition) is 3. The fourth-order valence-corrected chi connectivity index (χ4v) is 3.16. The number of carbonyl (C=O) groups excluding carboxylic acids is 2. The molecule has 132 valence electrons. The van der Waals surface area contributed by atoms with Gasteiger partial charge in [-0.25, -0.2) is 0 Å². The standard InChI is InChI=1S/C20H24N2O3/c1-14-8-9-18(25-14)15(2)21-20(24)17-12-19(23)22(13-17)11-10-16-6-4-3-5-7-16/h3-9,15,17H,10-13H2,1-2H3,(H,21,24). The van der Waals surface area contributed by atoms with Crippen LogP contribution < -0.4 is 5.32 Å². The molecule has 0 radical (unpaired) electrons. The zero-order chi connectivity index (χ0) is 17.8. The van der Waals surface area contributed by atoms with Crippen LogP contribution in [0.1, 0.15) is 36.5 Å². The van der Waals surface area contributed by atoms with Gasteiger partial charge in [-0.05, 0) is 38.0 Å². The molecular formula is C20H24N2O3. The first kappa shape index (κ1) is 17.3. The Kier molecular flexibility index (Phi) is 5.22. The molecule has 2 atom stereocenters. The summed E-state index contributed by atoms with van der Waals surface area (Å²) in [5.74, 6) is 1.23. The third kappa shape index (κ3) is 4.29. The van der Waals surface area contributed by atoms with E-state index in [9.17, 15) is 9.59 Å². The maximum atomic E-state index is 12.5. The van der Waals surface area contributed by atoms with E-state index in [1.54, 1.807) is 4.90 Å². The van der Waals surface area contributed by atoms with Crippen molar-refractivity contribution in [3.8, 4) is 0 Å². The highest BCUT2D eigenvalue weighted by atomic mass is 16.3. The first-order valence-electron chi connectivity index (χ1n) is 8.71. The topological polar surface area (TPSA) is 62.6 Å². The van der Waals surface area contributed by atoms with Crippen LogP contribution in [0.4, 0.5) is 0 Å². The molecule has 5 heteroatoms. The van der Waals surface area contributed by atoms with Gasteiger partial charge < -0.3 is 14.6 Å². The molecule has 0 saturated carbocycles. The number of nitrogens with zero attached hydrogens (tertiary/aromatic N) is 1. The molecular weight excluding hydrogens is 316 g/mol. The Hall–Kier alpha value is -2.56. The second-order valence-corrected chi connectivity index (χ2v) is 6.66. The predicted molar refractivity (Wildman–Crippen MR) is 94.8 cm³/mol. The molecule has 25 heavy (non-hydrogen) atoms. The van der Waals surface area contributed by atoms with Gasteiger partial charge in [0.25, 0.3) is 0 Å². The number of hydrogen-bond donors (Lipinski definition) is 1. The number of benzene rings is 1. The molecule has 2 aromatic rings. The van der Waals surface area contributed by atoms with Crippen LogP contribution in [0, 0.1) is 12.8 Å². The number of rotatable bonds is 6. The van der Waals surface area contributed by atoms with Gasteiger partial charge in [0, 0.05) is 19.5 Å². The maximum absolute atomic E-state index is 12.5. The van der Waals surface area contributed by atoms with E-state index in [1.807, 2.05) is 44.2 Å². The number of nitrogens with one attached hydrogen (secondary N) is 1. The molecule has 5 nitrogen and oxygen atoms in total. The normalized spacial score (nSPS) is 18.4. The van der Waals surface area contributed by atoms with Crippen LogP contribution >= 0.6 is 0 Å². The fraction of sp³-hybridized carbons (Fsp3) is 0.400. The molecule has 1 aliphatic rings. The van der Waals surface area contributed by atoms with Crippen molar-refractivity contribution in [2.75, 3.05) is 13.1 Å². The molecule has 1 aromatic heterocycles. The summed E-state index contributed by atoms with van der Waals surface area (Å²) < 4.78 is 5.55. The highest BCUT2D eigenvalue weighted by Gasteiger charge is 2.34. The summed E-state index contributed by atoms with van der Waals surface area (Å²) in [6.45, 7) is 4.90. The highest BCUT2D eigenvalue weighted by molar-refractivity contribution is 5.89. The number of aryl methyl sites for hydroxylation is 1. The van der Waals surface area contributed by atoms with Crippen molar-refractivity contribution in [1.82, 2.24) is 10.2 Å². The van der Waals surface area contributed by atoms with Crippen molar-refractivity contribution in [3.05, 3.63) is 59.5 Å². The Morgan fingerprint density at radius 2 is 2.04 bits per heavy atom. The van der Waals surface area contributed by atoms with Crippen molar-refractivity contribution in [2.45, 2.75) is 32.7 Å². The summed E-state index contributed by atoms with van der Waals surface area (Å²) >= 11 is 0. The Bertz CT molecular complexity index is 738. The fourth-order valence-electron chi connectivity index (χ4n) is 3.16. The molecule has 1 aliphatic heterocycles. The Morgan fingerprint density at radius 3 is 2.72 bits per heavy atom. The summed E-state index contributed by atoms with van der Waals surface area (Å²) in [6, 6.07) is 13.6. The van der Waals surface area contributed by atoms with E-state index < -0.39 is 0 Å². The quantitative estimate of drug-likeness (QED) is 0.879. The predicted octanol–water partition coefficient (Wildman–Crippen LogP) is 2.86. The Balaban J connectivity index is 1.52. The van der Waals surface area contributed by atoms with Gasteiger partial charge in [-0.3, -0.25) is 9.59 Å². The highest BCUT2D eigenvalue weighted by Crippen LogP contribution is 2.21. The minimum atomic E-state index is -0.290. The second-order valence-electron chi connectivity index (χ2n) is 6.66. The Morgan fingerprint density at radius 1 is 1.28 bits per heavy atom. The summed E-state index contributed by atoms with van der Waals surface area (Å²) in [6.07, 6.45) is 1.09. The Labute approximate surface area is 148 Å². The number of carbonyl (C=O) groups is 2. The lowest BCUT2D eigenvalue weighted by Crippen LogP contribution is -2.34. The van der Waals surface area contributed by atoms with E-state index in [2.05, 4.69) is 17.4 Å². The number of furan rings is 1. The van der Waals surface area contributed by atoms with E-state index in [-0.39, 0.29) is 30.2 Å². The summed E-state index contributed by atoms with van der Waals surface area (Å²) in [5, 5.41) is 2.95. The zero-order valence-corrected chi connectivity index (χ0v) is 14.7. The van der Waals surface area contributed by atoms with Crippen LogP contribution in [-0.2, 0) is 16.0 Å². The maximum Gasteiger partial charge on any atom is 0.226 e. The zero-order valence-electron chi connectivity index (χ0n) is 14.7. The molecule has 2 amide bonds. The monoisotopic (exact) mass is 340 g/mol. The van der Waals surface area contributed by atoms with E-state index in [0.29, 0.717) is 13.1 Å². The van der Waals surface area contributed by atoms with Gasteiger partial charge >= 0.3 is 0 Å². The van der Waals surface area contributed by atoms with E-state index in [1.165, 1.54) is 5.56 Å². The van der Waals surface area contributed by atoms with E-state index in [0.717, 1.165) is 17.9 Å². The molecule has 1 N–H and O–H groups in total. The van der Waals surface area contributed by atoms with Crippen molar-refractivity contribution in [1.29, 1.82) is 0 Å². The average Bonchev–Trinajstić information content (AvgIpc) is 3.20. The summed E-state index contributed by atoms with van der Waals surface area (Å²) in [5.41, 5.74) is 1.20. The molecule has 0 bridgehead atoms. The number of amides is 2. The third-order valence-electron chi connectivity index (χ3n) is 4.65. The molecule has 3 rings (SSSR count). The molecule has 1 aromatic carbocycles. The van der Waals surface area contributed by atoms with Gasteiger partial charge in [-0.1, -0.05) is 30.3 Å². The molecule has 2 heterocycles. The van der Waals surface area contributed by atoms with Crippen molar-refractivity contribution >= 4 is 11.8 Å². The van der Waals surface area contributed by atoms with Crippen LogP contribution in [0.15, 0.2) is 46.9 Å². The van der Waals surface area contributed by atoms with Gasteiger partial charge in [0.1, 0.15) is 11.5 Å². The molecule has 1 saturated heterocycles. The van der Waals surface area contributed by atoms with Gasteiger partial charge in [-0.15, -0.1) is 0 Å². The van der Waals surface area contributed by atoms with Gasteiger partial charge in [0.05, 0.1) is 12.0 Å².